The van der Waals surface area contributed by atoms with E-state index in [0.717, 1.165) is 12.8 Å². The summed E-state index contributed by atoms with van der Waals surface area (Å²) in [5.41, 5.74) is 5.29. The average molecular weight is 178 g/mol. The molecule has 66 valence electrons. The number of nitrogens with zero attached hydrogens (tertiary/aromatic N) is 1. The van der Waals surface area contributed by atoms with Gasteiger partial charge in [-0.05, 0) is 12.8 Å². The van der Waals surface area contributed by atoms with Gasteiger partial charge in [-0.25, -0.2) is 8.42 Å². The molecular formula is C6H14N2O2S. The van der Waals surface area contributed by atoms with Gasteiger partial charge in [-0.2, -0.15) is 4.31 Å². The molecule has 0 aromatic heterocycles. The molecule has 0 aromatic rings. The minimum atomic E-state index is -3.01. The molecule has 0 amide bonds. The largest absolute Gasteiger partial charge is 0.329 e. The highest BCUT2D eigenvalue weighted by molar-refractivity contribution is 7.88. The van der Waals surface area contributed by atoms with Crippen molar-refractivity contribution >= 4 is 10.0 Å². The Morgan fingerprint density at radius 3 is 2.36 bits per heavy atom. The van der Waals surface area contributed by atoms with Crippen LogP contribution in [0.15, 0.2) is 0 Å². The van der Waals surface area contributed by atoms with Crippen molar-refractivity contribution in [3.8, 4) is 0 Å². The maximum atomic E-state index is 11.1. The molecule has 5 heteroatoms. The zero-order valence-corrected chi connectivity index (χ0v) is 7.47. The smallest absolute Gasteiger partial charge is 0.211 e. The highest BCUT2D eigenvalue weighted by Crippen LogP contribution is 2.28. The van der Waals surface area contributed by atoms with Crippen LogP contribution >= 0.6 is 0 Å². The molecule has 0 unspecified atom stereocenters. The Bertz CT molecular complexity index is 221. The number of nitrogens with two attached hydrogens (primary N) is 1. The molecule has 4 nitrogen and oxygen atoms in total. The third kappa shape index (κ3) is 2.43. The van der Waals surface area contributed by atoms with Gasteiger partial charge in [0, 0.05) is 19.1 Å². The fraction of sp³-hybridized carbons (Fsp3) is 1.00. The summed E-state index contributed by atoms with van der Waals surface area (Å²) >= 11 is 0. The lowest BCUT2D eigenvalue weighted by Gasteiger charge is -2.17. The van der Waals surface area contributed by atoms with E-state index in [4.69, 9.17) is 5.73 Å². The highest BCUT2D eigenvalue weighted by atomic mass is 32.2. The van der Waals surface area contributed by atoms with Crippen LogP contribution in [-0.2, 0) is 10.0 Å². The zero-order valence-electron chi connectivity index (χ0n) is 6.66. The van der Waals surface area contributed by atoms with Crippen LogP contribution in [0.3, 0.4) is 0 Å². The van der Waals surface area contributed by atoms with Gasteiger partial charge in [-0.1, -0.05) is 0 Å². The lowest BCUT2D eigenvalue weighted by molar-refractivity contribution is 0.415. The predicted octanol–water partition coefficient (Wildman–Crippen LogP) is -0.631. The maximum absolute atomic E-state index is 11.1. The van der Waals surface area contributed by atoms with E-state index in [1.54, 1.807) is 0 Å². The summed E-state index contributed by atoms with van der Waals surface area (Å²) in [7, 11) is -3.01. The normalized spacial score (nSPS) is 19.2. The van der Waals surface area contributed by atoms with Crippen LogP contribution < -0.4 is 5.73 Å². The fourth-order valence-electron chi connectivity index (χ4n) is 1.11. The maximum Gasteiger partial charge on any atom is 0.211 e. The molecule has 0 atom stereocenters. The molecule has 1 saturated carbocycles. The number of rotatable bonds is 4. The first-order valence-electron chi connectivity index (χ1n) is 3.72. The summed E-state index contributed by atoms with van der Waals surface area (Å²) in [5, 5.41) is 0. The van der Waals surface area contributed by atoms with Gasteiger partial charge in [-0.3, -0.25) is 0 Å². The summed E-state index contributed by atoms with van der Waals surface area (Å²) in [6, 6.07) is 0.244. The van der Waals surface area contributed by atoms with Gasteiger partial charge in [0.1, 0.15) is 0 Å². The first-order chi connectivity index (χ1) is 5.05. The minimum absolute atomic E-state index is 0.244. The Labute approximate surface area is 67.4 Å². The molecule has 0 saturated heterocycles. The van der Waals surface area contributed by atoms with Crippen molar-refractivity contribution in [2.75, 3.05) is 19.3 Å². The second kappa shape index (κ2) is 3.08. The van der Waals surface area contributed by atoms with Crippen molar-refractivity contribution in [3.63, 3.8) is 0 Å². The predicted molar refractivity (Wildman–Crippen MR) is 43.6 cm³/mol. The second-order valence-electron chi connectivity index (χ2n) is 2.89. The minimum Gasteiger partial charge on any atom is -0.329 e. The lowest BCUT2D eigenvalue weighted by atomic mass is 10.6. The van der Waals surface area contributed by atoms with Gasteiger partial charge >= 0.3 is 0 Å². The SMILES string of the molecule is CS(=O)(=O)N(CCN)C1CC1. The Morgan fingerprint density at radius 1 is 1.55 bits per heavy atom. The van der Waals surface area contributed by atoms with Crippen LogP contribution in [0.4, 0.5) is 0 Å². The Hall–Kier alpha value is -0.130. The highest BCUT2D eigenvalue weighted by Gasteiger charge is 2.33. The number of hydrogen-bond donors (Lipinski definition) is 1. The lowest BCUT2D eigenvalue weighted by Crippen LogP contribution is -2.36. The molecular weight excluding hydrogens is 164 g/mol. The Kier molecular flexibility index (Phi) is 2.51. The second-order valence-corrected chi connectivity index (χ2v) is 4.83. The van der Waals surface area contributed by atoms with E-state index in [1.807, 2.05) is 0 Å². The van der Waals surface area contributed by atoms with Crippen LogP contribution in [0, 0.1) is 0 Å². The monoisotopic (exact) mass is 178 g/mol. The van der Waals surface area contributed by atoms with Gasteiger partial charge < -0.3 is 5.73 Å². The van der Waals surface area contributed by atoms with Crippen LogP contribution in [0.2, 0.25) is 0 Å². The van der Waals surface area contributed by atoms with Gasteiger partial charge in [0.25, 0.3) is 0 Å². The van der Waals surface area contributed by atoms with Gasteiger partial charge in [0.05, 0.1) is 6.26 Å². The molecule has 1 rings (SSSR count). The van der Waals surface area contributed by atoms with Gasteiger partial charge in [0.15, 0.2) is 0 Å². The molecule has 0 spiro atoms. The van der Waals surface area contributed by atoms with Crippen LogP contribution in [0.5, 0.6) is 0 Å². The van der Waals surface area contributed by atoms with Crippen molar-refractivity contribution in [2.45, 2.75) is 18.9 Å². The fourth-order valence-corrected chi connectivity index (χ4v) is 2.30. The molecule has 0 bridgehead atoms. The van der Waals surface area contributed by atoms with Crippen molar-refractivity contribution in [2.24, 2.45) is 5.73 Å². The molecule has 1 aliphatic rings. The van der Waals surface area contributed by atoms with E-state index in [-0.39, 0.29) is 6.04 Å². The number of hydrogen-bond acceptors (Lipinski definition) is 3. The van der Waals surface area contributed by atoms with Gasteiger partial charge in [0.2, 0.25) is 10.0 Å². The molecule has 2 N–H and O–H groups in total. The first-order valence-corrected chi connectivity index (χ1v) is 5.57. The van der Waals surface area contributed by atoms with Crippen LogP contribution in [0.25, 0.3) is 0 Å². The molecule has 0 heterocycles. The molecule has 0 radical (unpaired) electrons. The summed E-state index contributed by atoms with van der Waals surface area (Å²) < 4.78 is 23.6. The van der Waals surface area contributed by atoms with E-state index < -0.39 is 10.0 Å². The molecule has 11 heavy (non-hydrogen) atoms. The summed E-state index contributed by atoms with van der Waals surface area (Å²) in [6.45, 7) is 0.868. The molecule has 0 aromatic carbocycles. The van der Waals surface area contributed by atoms with Crippen molar-refractivity contribution in [1.29, 1.82) is 0 Å². The van der Waals surface area contributed by atoms with E-state index in [9.17, 15) is 8.42 Å². The third-order valence-electron chi connectivity index (χ3n) is 1.73. The average Bonchev–Trinajstić information content (AvgIpc) is 2.61. The molecule has 1 aliphatic carbocycles. The van der Waals surface area contributed by atoms with Crippen LogP contribution in [-0.4, -0.2) is 38.1 Å². The van der Waals surface area contributed by atoms with Crippen molar-refractivity contribution in [1.82, 2.24) is 4.31 Å². The summed E-state index contributed by atoms with van der Waals surface area (Å²) in [6.07, 6.45) is 3.22. The van der Waals surface area contributed by atoms with Crippen molar-refractivity contribution < 1.29 is 8.42 Å². The van der Waals surface area contributed by atoms with Gasteiger partial charge in [-0.15, -0.1) is 0 Å². The molecule has 0 aliphatic heterocycles. The Balaban J connectivity index is 2.59. The summed E-state index contributed by atoms with van der Waals surface area (Å²) in [4.78, 5) is 0. The first kappa shape index (κ1) is 8.96. The number of sulfonamides is 1. The Morgan fingerprint density at radius 2 is 2.09 bits per heavy atom. The van der Waals surface area contributed by atoms with E-state index in [2.05, 4.69) is 0 Å². The van der Waals surface area contributed by atoms with E-state index >= 15 is 0 Å². The summed E-state index contributed by atoms with van der Waals surface area (Å²) in [5.74, 6) is 0. The molecule has 1 fully saturated rings. The third-order valence-corrected chi connectivity index (χ3v) is 3.06. The van der Waals surface area contributed by atoms with Crippen molar-refractivity contribution in [3.05, 3.63) is 0 Å². The standard InChI is InChI=1S/C6H14N2O2S/c1-11(9,10)8(5-4-7)6-2-3-6/h6H,2-5,7H2,1H3. The quantitative estimate of drug-likeness (QED) is 0.623. The van der Waals surface area contributed by atoms with E-state index in [1.165, 1.54) is 10.6 Å². The zero-order chi connectivity index (χ0) is 8.48. The van der Waals surface area contributed by atoms with E-state index in [0.29, 0.717) is 13.1 Å². The topological polar surface area (TPSA) is 63.4 Å². The van der Waals surface area contributed by atoms with Crippen LogP contribution in [0.1, 0.15) is 12.8 Å².